The fourth-order valence-electron chi connectivity index (χ4n) is 2.70. The van der Waals surface area contributed by atoms with E-state index in [-0.39, 0.29) is 11.8 Å². The van der Waals surface area contributed by atoms with E-state index in [4.69, 9.17) is 4.42 Å². The van der Waals surface area contributed by atoms with Gasteiger partial charge >= 0.3 is 0 Å². The number of hydrogen-bond acceptors (Lipinski definition) is 7. The van der Waals surface area contributed by atoms with Gasteiger partial charge in [-0.25, -0.2) is 14.6 Å². The fourth-order valence-corrected chi connectivity index (χ4v) is 3.39. The van der Waals surface area contributed by atoms with E-state index >= 15 is 0 Å². The van der Waals surface area contributed by atoms with Crippen LogP contribution in [-0.4, -0.2) is 31.6 Å². The zero-order valence-corrected chi connectivity index (χ0v) is 16.8. The van der Waals surface area contributed by atoms with Crippen LogP contribution in [0, 0.1) is 0 Å². The minimum absolute atomic E-state index is 0.127. The van der Waals surface area contributed by atoms with Crippen LogP contribution < -0.4 is 10.6 Å². The third kappa shape index (κ3) is 4.78. The van der Waals surface area contributed by atoms with Crippen LogP contribution in [0.25, 0.3) is 11.5 Å². The van der Waals surface area contributed by atoms with Gasteiger partial charge in [-0.05, 0) is 29.8 Å². The molecule has 0 unspecified atom stereocenters. The minimum atomic E-state index is -0.242. The van der Waals surface area contributed by atoms with Gasteiger partial charge in [-0.3, -0.25) is 14.9 Å². The van der Waals surface area contributed by atoms with E-state index in [0.29, 0.717) is 41.0 Å². The van der Waals surface area contributed by atoms with E-state index in [1.807, 2.05) is 12.1 Å². The summed E-state index contributed by atoms with van der Waals surface area (Å²) < 4.78 is 7.40. The molecule has 3 aromatic heterocycles. The summed E-state index contributed by atoms with van der Waals surface area (Å²) >= 11 is 1.31. The number of amides is 2. The molecule has 0 atom stereocenters. The molecular weight excluding hydrogens is 404 g/mol. The molecule has 0 fully saturated rings. The van der Waals surface area contributed by atoms with E-state index in [2.05, 4.69) is 25.7 Å². The zero-order chi connectivity index (χ0) is 20.9. The van der Waals surface area contributed by atoms with Gasteiger partial charge < -0.3 is 9.73 Å². The molecular formula is C20H18N6O3S. The number of carbonyl (C=O) groups is 2. The number of carbonyl (C=O) groups excluding carboxylic acids is 2. The lowest BCUT2D eigenvalue weighted by molar-refractivity contribution is -0.119. The lowest BCUT2D eigenvalue weighted by Gasteiger charge is -2.04. The standard InChI is InChI=1S/C20H18N6O3S/c1-13(27)22-8-16-6-7-18(29-16)17-10-30-20(24-17)25-19(28)15-4-2-14(3-5-15)9-26-12-21-11-23-26/h2-7,10-12H,8-9H2,1H3,(H,22,27)(H,24,25,28). The SMILES string of the molecule is CC(=O)NCc1ccc(-c2csc(NC(=O)c3ccc(Cn4cncn4)cc3)n2)o1. The molecule has 0 aliphatic rings. The highest BCUT2D eigenvalue weighted by atomic mass is 32.1. The van der Waals surface area contributed by atoms with Crippen molar-refractivity contribution in [2.75, 3.05) is 5.32 Å². The van der Waals surface area contributed by atoms with Crippen LogP contribution in [0.5, 0.6) is 0 Å². The Hall–Kier alpha value is -3.79. The van der Waals surface area contributed by atoms with Crippen LogP contribution in [-0.2, 0) is 17.9 Å². The second-order valence-corrected chi connectivity index (χ2v) is 7.32. The van der Waals surface area contributed by atoms with Crippen molar-refractivity contribution in [2.24, 2.45) is 0 Å². The van der Waals surface area contributed by atoms with Gasteiger partial charge in [0.05, 0.1) is 13.1 Å². The Morgan fingerprint density at radius 3 is 2.73 bits per heavy atom. The van der Waals surface area contributed by atoms with Crippen molar-refractivity contribution < 1.29 is 14.0 Å². The molecule has 4 aromatic rings. The molecule has 3 heterocycles. The number of rotatable bonds is 7. The molecule has 30 heavy (non-hydrogen) atoms. The molecule has 4 rings (SSSR count). The van der Waals surface area contributed by atoms with Crippen LogP contribution in [0.1, 0.15) is 28.6 Å². The summed E-state index contributed by atoms with van der Waals surface area (Å²) in [7, 11) is 0. The minimum Gasteiger partial charge on any atom is -0.458 e. The van der Waals surface area contributed by atoms with Gasteiger partial charge in [0.2, 0.25) is 5.91 Å². The van der Waals surface area contributed by atoms with Gasteiger partial charge in [0.25, 0.3) is 5.91 Å². The van der Waals surface area contributed by atoms with E-state index in [9.17, 15) is 9.59 Å². The molecule has 0 aliphatic heterocycles. The normalized spacial score (nSPS) is 10.7. The van der Waals surface area contributed by atoms with Crippen LogP contribution >= 0.6 is 11.3 Å². The van der Waals surface area contributed by atoms with Crippen molar-refractivity contribution in [1.29, 1.82) is 0 Å². The largest absolute Gasteiger partial charge is 0.458 e. The number of aromatic nitrogens is 4. The molecule has 10 heteroatoms. The maximum atomic E-state index is 12.5. The van der Waals surface area contributed by atoms with Crippen LogP contribution in [0.15, 0.2) is 58.9 Å². The van der Waals surface area contributed by atoms with Gasteiger partial charge in [-0.15, -0.1) is 11.3 Å². The molecule has 0 bridgehead atoms. The smallest absolute Gasteiger partial charge is 0.257 e. The summed E-state index contributed by atoms with van der Waals surface area (Å²) in [5.41, 5.74) is 2.17. The number of benzene rings is 1. The van der Waals surface area contributed by atoms with Gasteiger partial charge in [0.15, 0.2) is 10.9 Å². The Balaban J connectivity index is 1.37. The summed E-state index contributed by atoms with van der Waals surface area (Å²) in [4.78, 5) is 31.8. The number of hydrogen-bond donors (Lipinski definition) is 2. The number of nitrogens with zero attached hydrogens (tertiary/aromatic N) is 4. The zero-order valence-electron chi connectivity index (χ0n) is 16.0. The highest BCUT2D eigenvalue weighted by Crippen LogP contribution is 2.27. The van der Waals surface area contributed by atoms with Gasteiger partial charge in [0, 0.05) is 17.9 Å². The van der Waals surface area contributed by atoms with Gasteiger partial charge in [-0.2, -0.15) is 5.10 Å². The lowest BCUT2D eigenvalue weighted by Crippen LogP contribution is -2.18. The third-order valence-corrected chi connectivity index (χ3v) is 4.94. The highest BCUT2D eigenvalue weighted by Gasteiger charge is 2.13. The van der Waals surface area contributed by atoms with Crippen molar-refractivity contribution in [3.8, 4) is 11.5 Å². The molecule has 2 amide bonds. The summed E-state index contributed by atoms with van der Waals surface area (Å²) in [5, 5.41) is 11.8. The molecule has 0 radical (unpaired) electrons. The molecule has 0 saturated heterocycles. The lowest BCUT2D eigenvalue weighted by atomic mass is 10.1. The molecule has 9 nitrogen and oxygen atoms in total. The Morgan fingerprint density at radius 2 is 2.00 bits per heavy atom. The number of furan rings is 1. The molecule has 1 aromatic carbocycles. The Morgan fingerprint density at radius 1 is 1.17 bits per heavy atom. The topological polar surface area (TPSA) is 115 Å². The fraction of sp³-hybridized carbons (Fsp3) is 0.150. The maximum absolute atomic E-state index is 12.5. The molecule has 0 saturated carbocycles. The van der Waals surface area contributed by atoms with E-state index < -0.39 is 0 Å². The van der Waals surface area contributed by atoms with E-state index in [1.54, 1.807) is 40.7 Å². The average Bonchev–Trinajstić information content (AvgIpc) is 3.49. The van der Waals surface area contributed by atoms with Crippen molar-refractivity contribution in [2.45, 2.75) is 20.0 Å². The number of nitrogens with one attached hydrogen (secondary N) is 2. The second kappa shape index (κ2) is 8.70. The first-order valence-electron chi connectivity index (χ1n) is 9.08. The first kappa shape index (κ1) is 19.5. The first-order valence-corrected chi connectivity index (χ1v) is 9.96. The predicted octanol–water partition coefficient (Wildman–Crippen LogP) is 2.93. The van der Waals surface area contributed by atoms with Crippen molar-refractivity contribution in [1.82, 2.24) is 25.1 Å². The summed E-state index contributed by atoms with van der Waals surface area (Å²) in [5.74, 6) is 0.835. The van der Waals surface area contributed by atoms with E-state index in [0.717, 1.165) is 5.56 Å². The first-order chi connectivity index (χ1) is 14.6. The second-order valence-electron chi connectivity index (χ2n) is 6.46. The molecule has 0 spiro atoms. The third-order valence-electron chi connectivity index (χ3n) is 4.18. The Kier molecular flexibility index (Phi) is 5.66. The maximum Gasteiger partial charge on any atom is 0.257 e. The molecule has 2 N–H and O–H groups in total. The summed E-state index contributed by atoms with van der Waals surface area (Å²) in [6.07, 6.45) is 3.12. The highest BCUT2D eigenvalue weighted by molar-refractivity contribution is 7.14. The molecule has 152 valence electrons. The summed E-state index contributed by atoms with van der Waals surface area (Å²) in [6, 6.07) is 10.8. The predicted molar refractivity (Wildman–Crippen MR) is 111 cm³/mol. The van der Waals surface area contributed by atoms with Crippen molar-refractivity contribution >= 4 is 28.3 Å². The van der Waals surface area contributed by atoms with Crippen molar-refractivity contribution in [3.05, 3.63) is 71.3 Å². The van der Waals surface area contributed by atoms with Crippen LogP contribution in [0.3, 0.4) is 0 Å². The summed E-state index contributed by atoms with van der Waals surface area (Å²) in [6.45, 7) is 2.35. The number of thiazole rings is 1. The van der Waals surface area contributed by atoms with Crippen LogP contribution in [0.2, 0.25) is 0 Å². The Bertz CT molecular complexity index is 1150. The Labute approximate surface area is 175 Å². The quantitative estimate of drug-likeness (QED) is 0.473. The molecule has 0 aliphatic carbocycles. The monoisotopic (exact) mass is 422 g/mol. The van der Waals surface area contributed by atoms with Crippen LogP contribution in [0.4, 0.5) is 5.13 Å². The average molecular weight is 422 g/mol. The van der Waals surface area contributed by atoms with E-state index in [1.165, 1.54) is 24.6 Å². The number of anilines is 1. The van der Waals surface area contributed by atoms with Gasteiger partial charge in [-0.1, -0.05) is 12.1 Å². The van der Waals surface area contributed by atoms with Gasteiger partial charge in [0.1, 0.15) is 24.1 Å². The van der Waals surface area contributed by atoms with Crippen molar-refractivity contribution in [3.63, 3.8) is 0 Å².